The van der Waals surface area contributed by atoms with Gasteiger partial charge in [0.2, 0.25) is 0 Å². The number of hydrogen-bond acceptors (Lipinski definition) is 3. The smallest absolute Gasteiger partial charge is 0.0381 e. The number of nitrogens with two attached hydrogens (primary N) is 1. The van der Waals surface area contributed by atoms with Crippen LogP contribution in [0, 0.1) is 5.92 Å². The first-order chi connectivity index (χ1) is 8.51. The van der Waals surface area contributed by atoms with Crippen LogP contribution < -0.4 is 10.6 Å². The Labute approximate surface area is 118 Å². The highest BCUT2D eigenvalue weighted by molar-refractivity contribution is 9.10. The normalized spacial score (nSPS) is 24.0. The summed E-state index contributed by atoms with van der Waals surface area (Å²) in [5.41, 5.74) is 8.20. The van der Waals surface area contributed by atoms with Gasteiger partial charge in [0.15, 0.2) is 0 Å². The molecule has 100 valence electrons. The number of nitrogens with zero attached hydrogens (tertiary/aromatic N) is 2. The lowest BCUT2D eigenvalue weighted by Gasteiger charge is -2.23. The number of rotatable bonds is 3. The third-order valence-corrected chi connectivity index (χ3v) is 4.24. The van der Waals surface area contributed by atoms with E-state index < -0.39 is 0 Å². The topological polar surface area (TPSA) is 32.5 Å². The van der Waals surface area contributed by atoms with E-state index in [0.717, 1.165) is 17.6 Å². The molecule has 0 saturated carbocycles. The monoisotopic (exact) mass is 311 g/mol. The van der Waals surface area contributed by atoms with Crippen molar-refractivity contribution < 1.29 is 0 Å². The highest BCUT2D eigenvalue weighted by Gasteiger charge is 2.31. The van der Waals surface area contributed by atoms with Crippen molar-refractivity contribution >= 4 is 21.6 Å². The Bertz CT molecular complexity index is 420. The van der Waals surface area contributed by atoms with Crippen molar-refractivity contribution in [2.75, 3.05) is 32.1 Å². The summed E-state index contributed by atoms with van der Waals surface area (Å²) < 4.78 is 1.11. The van der Waals surface area contributed by atoms with E-state index in [1.54, 1.807) is 0 Å². The predicted molar refractivity (Wildman–Crippen MR) is 80.9 cm³/mol. The van der Waals surface area contributed by atoms with Gasteiger partial charge in [0.1, 0.15) is 0 Å². The lowest BCUT2D eigenvalue weighted by molar-refractivity contribution is 0.266. The molecule has 1 saturated heterocycles. The van der Waals surface area contributed by atoms with Crippen LogP contribution in [0.1, 0.15) is 12.5 Å². The van der Waals surface area contributed by atoms with Gasteiger partial charge < -0.3 is 15.5 Å². The quantitative estimate of drug-likeness (QED) is 0.929. The third-order valence-electron chi connectivity index (χ3n) is 3.78. The SMILES string of the molecule is CC1CN(c2cc(Br)cc(CN)c2)CC1N(C)C. The molecule has 1 aliphatic heterocycles. The van der Waals surface area contributed by atoms with Crippen LogP contribution in [0.5, 0.6) is 0 Å². The summed E-state index contributed by atoms with van der Waals surface area (Å²) in [6.07, 6.45) is 0. The molecule has 0 aliphatic carbocycles. The molecule has 0 radical (unpaired) electrons. The number of halogens is 1. The molecule has 1 aliphatic rings. The first-order valence-electron chi connectivity index (χ1n) is 6.42. The van der Waals surface area contributed by atoms with Crippen LogP contribution in [-0.2, 0) is 6.54 Å². The van der Waals surface area contributed by atoms with Gasteiger partial charge in [-0.3, -0.25) is 0 Å². The Morgan fingerprint density at radius 3 is 2.61 bits per heavy atom. The van der Waals surface area contributed by atoms with Crippen LogP contribution in [-0.4, -0.2) is 38.1 Å². The second kappa shape index (κ2) is 5.59. The van der Waals surface area contributed by atoms with Gasteiger partial charge in [-0.25, -0.2) is 0 Å². The maximum Gasteiger partial charge on any atom is 0.0381 e. The van der Waals surface area contributed by atoms with Crippen molar-refractivity contribution in [1.82, 2.24) is 4.90 Å². The van der Waals surface area contributed by atoms with E-state index in [0.29, 0.717) is 18.5 Å². The van der Waals surface area contributed by atoms with Gasteiger partial charge in [-0.1, -0.05) is 22.9 Å². The number of hydrogen-bond donors (Lipinski definition) is 1. The molecule has 1 aromatic rings. The average molecular weight is 312 g/mol. The van der Waals surface area contributed by atoms with Crippen molar-refractivity contribution in [3.05, 3.63) is 28.2 Å². The molecule has 0 bridgehead atoms. The van der Waals surface area contributed by atoms with Gasteiger partial charge in [0.25, 0.3) is 0 Å². The fourth-order valence-electron chi connectivity index (χ4n) is 2.77. The molecule has 2 atom stereocenters. The zero-order chi connectivity index (χ0) is 13.3. The summed E-state index contributed by atoms with van der Waals surface area (Å²) in [6.45, 7) is 5.12. The van der Waals surface area contributed by atoms with Crippen LogP contribution in [0.15, 0.2) is 22.7 Å². The molecule has 1 fully saturated rings. The molecule has 4 heteroatoms. The van der Waals surface area contributed by atoms with Crippen LogP contribution in [0.25, 0.3) is 0 Å². The fraction of sp³-hybridized carbons (Fsp3) is 0.571. The number of anilines is 1. The molecule has 18 heavy (non-hydrogen) atoms. The maximum atomic E-state index is 5.74. The average Bonchev–Trinajstić information content (AvgIpc) is 2.70. The first kappa shape index (κ1) is 13.8. The van der Waals surface area contributed by atoms with Crippen LogP contribution >= 0.6 is 15.9 Å². The predicted octanol–water partition coefficient (Wildman–Crippen LogP) is 2.29. The van der Waals surface area contributed by atoms with Crippen molar-refractivity contribution in [3.63, 3.8) is 0 Å². The standard InChI is InChI=1S/C14H22BrN3/c1-10-8-18(9-14(10)17(2)3)13-5-11(7-16)4-12(15)6-13/h4-6,10,14H,7-9,16H2,1-3H3. The molecule has 1 aromatic carbocycles. The zero-order valence-electron chi connectivity index (χ0n) is 11.4. The Balaban J connectivity index is 2.20. The summed E-state index contributed by atoms with van der Waals surface area (Å²) in [5.74, 6) is 0.695. The fourth-order valence-corrected chi connectivity index (χ4v) is 3.30. The van der Waals surface area contributed by atoms with Crippen LogP contribution in [0.2, 0.25) is 0 Å². The molecular weight excluding hydrogens is 290 g/mol. The Morgan fingerprint density at radius 2 is 2.06 bits per heavy atom. The molecule has 2 rings (SSSR count). The molecule has 0 aromatic heterocycles. The van der Waals surface area contributed by atoms with E-state index in [4.69, 9.17) is 5.73 Å². The van der Waals surface area contributed by atoms with Gasteiger partial charge in [-0.15, -0.1) is 0 Å². The zero-order valence-corrected chi connectivity index (χ0v) is 12.9. The van der Waals surface area contributed by atoms with E-state index >= 15 is 0 Å². The van der Waals surface area contributed by atoms with Gasteiger partial charge in [0, 0.05) is 35.8 Å². The maximum absolute atomic E-state index is 5.74. The largest absolute Gasteiger partial charge is 0.370 e. The Morgan fingerprint density at radius 1 is 1.33 bits per heavy atom. The van der Waals surface area contributed by atoms with Crippen molar-refractivity contribution in [2.24, 2.45) is 11.7 Å². The number of benzene rings is 1. The molecule has 2 N–H and O–H groups in total. The highest BCUT2D eigenvalue weighted by atomic mass is 79.9. The molecular formula is C14H22BrN3. The molecule has 3 nitrogen and oxygen atoms in total. The van der Waals surface area contributed by atoms with E-state index in [2.05, 4.69) is 64.9 Å². The minimum Gasteiger partial charge on any atom is -0.370 e. The van der Waals surface area contributed by atoms with Gasteiger partial charge >= 0.3 is 0 Å². The van der Waals surface area contributed by atoms with Crippen molar-refractivity contribution in [3.8, 4) is 0 Å². The van der Waals surface area contributed by atoms with E-state index in [1.165, 1.54) is 11.3 Å². The van der Waals surface area contributed by atoms with Crippen molar-refractivity contribution in [1.29, 1.82) is 0 Å². The van der Waals surface area contributed by atoms with E-state index in [1.807, 2.05) is 0 Å². The molecule has 1 heterocycles. The molecule has 2 unspecified atom stereocenters. The third kappa shape index (κ3) is 2.87. The lowest BCUT2D eigenvalue weighted by atomic mass is 10.1. The van der Waals surface area contributed by atoms with Gasteiger partial charge in [-0.2, -0.15) is 0 Å². The minimum absolute atomic E-state index is 0.590. The Hall–Kier alpha value is -0.580. The van der Waals surface area contributed by atoms with Gasteiger partial charge in [0.05, 0.1) is 0 Å². The number of likely N-dealkylation sites (N-methyl/N-ethyl adjacent to an activating group) is 1. The summed E-state index contributed by atoms with van der Waals surface area (Å²) in [5, 5.41) is 0. The summed E-state index contributed by atoms with van der Waals surface area (Å²) in [7, 11) is 4.33. The lowest BCUT2D eigenvalue weighted by Crippen LogP contribution is -2.34. The van der Waals surface area contributed by atoms with Crippen LogP contribution in [0.4, 0.5) is 5.69 Å². The minimum atomic E-state index is 0.590. The summed E-state index contributed by atoms with van der Waals surface area (Å²) >= 11 is 3.57. The summed E-state index contributed by atoms with van der Waals surface area (Å²) in [6, 6.07) is 7.11. The van der Waals surface area contributed by atoms with E-state index in [-0.39, 0.29) is 0 Å². The van der Waals surface area contributed by atoms with Gasteiger partial charge in [-0.05, 0) is 43.8 Å². The molecule has 0 amide bonds. The highest BCUT2D eigenvalue weighted by Crippen LogP contribution is 2.29. The summed E-state index contributed by atoms with van der Waals surface area (Å²) in [4.78, 5) is 4.78. The van der Waals surface area contributed by atoms with E-state index in [9.17, 15) is 0 Å². The molecule has 0 spiro atoms. The van der Waals surface area contributed by atoms with Crippen LogP contribution in [0.3, 0.4) is 0 Å². The first-order valence-corrected chi connectivity index (χ1v) is 7.21. The second-order valence-corrected chi connectivity index (χ2v) is 6.35. The Kier molecular flexibility index (Phi) is 4.30. The van der Waals surface area contributed by atoms with Crippen molar-refractivity contribution in [2.45, 2.75) is 19.5 Å². The second-order valence-electron chi connectivity index (χ2n) is 5.44.